The van der Waals surface area contributed by atoms with Crippen LogP contribution in [0, 0.1) is 5.92 Å². The Morgan fingerprint density at radius 2 is 1.77 bits per heavy atom. The normalized spacial score (nSPS) is 40.2. The highest BCUT2D eigenvalue weighted by atomic mass is 16.3. The molecule has 1 unspecified atom stereocenters. The lowest BCUT2D eigenvalue weighted by Crippen LogP contribution is -2.47. The molecule has 2 aliphatic heterocycles. The molecule has 2 rings (SSSR count). The molecule has 2 fully saturated rings. The molecule has 76 valence electrons. The van der Waals surface area contributed by atoms with E-state index in [1.165, 1.54) is 25.7 Å². The van der Waals surface area contributed by atoms with E-state index in [4.69, 9.17) is 5.11 Å². The minimum atomic E-state index is 0.402. The van der Waals surface area contributed by atoms with Gasteiger partial charge in [0.1, 0.15) is 0 Å². The van der Waals surface area contributed by atoms with Crippen LogP contribution >= 0.6 is 0 Å². The second kappa shape index (κ2) is 3.58. The topological polar surface area (TPSA) is 23.5 Å². The summed E-state index contributed by atoms with van der Waals surface area (Å²) in [5.74, 6) is 0.590. The lowest BCUT2D eigenvalue weighted by atomic mass is 9.90. The monoisotopic (exact) mass is 183 g/mol. The van der Waals surface area contributed by atoms with Gasteiger partial charge in [0.05, 0.1) is 0 Å². The third-order valence-electron chi connectivity index (χ3n) is 3.74. The molecule has 2 bridgehead atoms. The molecule has 2 aliphatic rings. The molecule has 0 spiro atoms. The average molecular weight is 183 g/mol. The Kier molecular flexibility index (Phi) is 2.61. The first kappa shape index (κ1) is 9.47. The van der Waals surface area contributed by atoms with Gasteiger partial charge < -0.3 is 5.11 Å². The maximum absolute atomic E-state index is 9.16. The summed E-state index contributed by atoms with van der Waals surface area (Å²) in [5.41, 5.74) is 0. The van der Waals surface area contributed by atoms with Crippen molar-refractivity contribution in [3.05, 3.63) is 0 Å². The molecule has 2 heterocycles. The van der Waals surface area contributed by atoms with Crippen molar-refractivity contribution in [2.75, 3.05) is 6.61 Å². The largest absolute Gasteiger partial charge is 0.396 e. The summed E-state index contributed by atoms with van der Waals surface area (Å²) in [4.78, 5) is 2.67. The average Bonchev–Trinajstić information content (AvgIpc) is 2.37. The lowest BCUT2D eigenvalue weighted by molar-refractivity contribution is 0.0513. The number of piperidine rings is 1. The molecular formula is C11H21NO. The van der Waals surface area contributed by atoms with E-state index in [0.29, 0.717) is 18.6 Å². The van der Waals surface area contributed by atoms with Gasteiger partial charge >= 0.3 is 0 Å². The predicted molar refractivity (Wildman–Crippen MR) is 53.6 cm³/mol. The summed E-state index contributed by atoms with van der Waals surface area (Å²) in [5, 5.41) is 9.16. The highest BCUT2D eigenvalue weighted by Crippen LogP contribution is 2.39. The summed E-state index contributed by atoms with van der Waals surface area (Å²) < 4.78 is 0. The van der Waals surface area contributed by atoms with Crippen LogP contribution in [0.1, 0.15) is 39.5 Å². The molecule has 2 saturated heterocycles. The number of fused-ring (bicyclic) bond motifs is 2. The van der Waals surface area contributed by atoms with Gasteiger partial charge in [0.15, 0.2) is 0 Å². The highest BCUT2D eigenvalue weighted by Gasteiger charge is 2.41. The number of rotatable bonds is 2. The lowest BCUT2D eigenvalue weighted by Gasteiger charge is -2.41. The molecule has 1 N–H and O–H groups in total. The van der Waals surface area contributed by atoms with E-state index < -0.39 is 0 Å². The first-order valence-corrected chi connectivity index (χ1v) is 5.60. The van der Waals surface area contributed by atoms with Crippen LogP contribution in [0.2, 0.25) is 0 Å². The van der Waals surface area contributed by atoms with E-state index in [2.05, 4.69) is 18.7 Å². The Balaban J connectivity index is 2.04. The van der Waals surface area contributed by atoms with Crippen molar-refractivity contribution in [3.8, 4) is 0 Å². The minimum absolute atomic E-state index is 0.402. The van der Waals surface area contributed by atoms with Crippen molar-refractivity contribution < 1.29 is 5.11 Å². The van der Waals surface area contributed by atoms with Gasteiger partial charge in [-0.25, -0.2) is 0 Å². The van der Waals surface area contributed by atoms with Crippen molar-refractivity contribution in [1.82, 2.24) is 4.90 Å². The van der Waals surface area contributed by atoms with Gasteiger partial charge in [0, 0.05) is 24.7 Å². The van der Waals surface area contributed by atoms with Gasteiger partial charge in [-0.15, -0.1) is 0 Å². The molecule has 0 aromatic heterocycles. The molecule has 3 atom stereocenters. The Labute approximate surface area is 80.9 Å². The maximum atomic E-state index is 9.16. The van der Waals surface area contributed by atoms with E-state index in [0.717, 1.165) is 12.1 Å². The van der Waals surface area contributed by atoms with E-state index in [1.807, 2.05) is 0 Å². The summed E-state index contributed by atoms with van der Waals surface area (Å²) in [6, 6.07) is 2.24. The van der Waals surface area contributed by atoms with Crippen LogP contribution in [0.15, 0.2) is 0 Å². The van der Waals surface area contributed by atoms with Gasteiger partial charge in [0.2, 0.25) is 0 Å². The van der Waals surface area contributed by atoms with Crippen LogP contribution in [0.25, 0.3) is 0 Å². The Bertz CT molecular complexity index is 167. The Hall–Kier alpha value is -0.0800. The predicted octanol–water partition coefficient (Wildman–Crippen LogP) is 1.63. The molecule has 13 heavy (non-hydrogen) atoms. The van der Waals surface area contributed by atoms with E-state index >= 15 is 0 Å². The van der Waals surface area contributed by atoms with E-state index in [1.54, 1.807) is 0 Å². The summed E-state index contributed by atoms with van der Waals surface area (Å²) in [6.45, 7) is 4.99. The van der Waals surface area contributed by atoms with Crippen LogP contribution in [-0.2, 0) is 0 Å². The molecule has 0 amide bonds. The van der Waals surface area contributed by atoms with Crippen LogP contribution in [-0.4, -0.2) is 34.7 Å². The molecule has 0 aromatic rings. The molecular weight excluding hydrogens is 162 g/mol. The number of hydrogen-bond donors (Lipinski definition) is 1. The smallest absolute Gasteiger partial charge is 0.0460 e. The number of aliphatic hydroxyl groups excluding tert-OH is 1. The fourth-order valence-corrected chi connectivity index (χ4v) is 3.32. The Morgan fingerprint density at radius 3 is 2.15 bits per heavy atom. The first-order chi connectivity index (χ1) is 6.22. The third kappa shape index (κ3) is 1.62. The molecule has 0 aromatic carbocycles. The summed E-state index contributed by atoms with van der Waals surface area (Å²) >= 11 is 0. The van der Waals surface area contributed by atoms with Crippen molar-refractivity contribution in [2.45, 2.75) is 57.7 Å². The highest BCUT2D eigenvalue weighted by molar-refractivity contribution is 4.96. The third-order valence-corrected chi connectivity index (χ3v) is 3.74. The fraction of sp³-hybridized carbons (Fsp3) is 1.00. The van der Waals surface area contributed by atoms with Crippen molar-refractivity contribution in [3.63, 3.8) is 0 Å². The standard InChI is InChI=1S/C11H21NO/c1-8(2)12-10-3-4-11(12)6-9(5-10)7-13/h8-11,13H,3-7H2,1-2H3/t9?,10-,11+. The van der Waals surface area contributed by atoms with Crippen molar-refractivity contribution in [1.29, 1.82) is 0 Å². The van der Waals surface area contributed by atoms with Crippen LogP contribution in [0.3, 0.4) is 0 Å². The zero-order valence-electron chi connectivity index (χ0n) is 8.74. The second-order valence-electron chi connectivity index (χ2n) is 4.95. The maximum Gasteiger partial charge on any atom is 0.0460 e. The van der Waals surface area contributed by atoms with Gasteiger partial charge in [0.25, 0.3) is 0 Å². The number of nitrogens with zero attached hydrogens (tertiary/aromatic N) is 1. The molecule has 0 aliphatic carbocycles. The van der Waals surface area contributed by atoms with E-state index in [9.17, 15) is 0 Å². The second-order valence-corrected chi connectivity index (χ2v) is 4.95. The quantitative estimate of drug-likeness (QED) is 0.703. The fourth-order valence-electron chi connectivity index (χ4n) is 3.32. The summed E-state index contributed by atoms with van der Waals surface area (Å²) in [6.07, 6.45) is 5.18. The zero-order valence-corrected chi connectivity index (χ0v) is 8.74. The summed E-state index contributed by atoms with van der Waals surface area (Å²) in [7, 11) is 0. The van der Waals surface area contributed by atoms with Crippen molar-refractivity contribution >= 4 is 0 Å². The zero-order chi connectivity index (χ0) is 9.42. The molecule has 0 radical (unpaired) electrons. The first-order valence-electron chi connectivity index (χ1n) is 5.60. The minimum Gasteiger partial charge on any atom is -0.396 e. The Morgan fingerprint density at radius 1 is 1.23 bits per heavy atom. The number of hydrogen-bond acceptors (Lipinski definition) is 2. The molecule has 0 saturated carbocycles. The van der Waals surface area contributed by atoms with Crippen LogP contribution in [0.5, 0.6) is 0 Å². The van der Waals surface area contributed by atoms with Gasteiger partial charge in [-0.2, -0.15) is 0 Å². The molecule has 2 nitrogen and oxygen atoms in total. The van der Waals surface area contributed by atoms with Crippen molar-refractivity contribution in [2.24, 2.45) is 5.92 Å². The SMILES string of the molecule is CC(C)N1[C@@H]2CC[C@H]1CC(CO)C2. The number of aliphatic hydroxyl groups is 1. The van der Waals surface area contributed by atoms with Gasteiger partial charge in [-0.1, -0.05) is 0 Å². The van der Waals surface area contributed by atoms with Gasteiger partial charge in [-0.05, 0) is 45.4 Å². The van der Waals surface area contributed by atoms with Crippen LogP contribution < -0.4 is 0 Å². The molecule has 2 heteroatoms. The van der Waals surface area contributed by atoms with Gasteiger partial charge in [-0.3, -0.25) is 4.90 Å². The van der Waals surface area contributed by atoms with E-state index in [-0.39, 0.29) is 0 Å². The van der Waals surface area contributed by atoms with Crippen LogP contribution in [0.4, 0.5) is 0 Å².